The zero-order chi connectivity index (χ0) is 35.5. The standard InChI is InChI=1S/C40H41Cl2N3O6.H2O/c1-48-34-12-11-29(19-36(34)49-2)35(20-30-32(41)22-43-23-33(30)42)50-38(46)28-9-7-25(8-10-28)21-44-40(16-13-26-5-3-4-6-31(26)40)39(47)51-37-24-45-17-14-27(37)15-18-45;/h3-12,19,22-23,27,35,37,44H,13-18,20-21,24H2,1-2H3;1H2/t35-,37-,40?;/m0./s1. The maximum Gasteiger partial charge on any atom is 0.338 e. The first kappa shape index (κ1) is 37.6. The average Bonchev–Trinajstić information content (AvgIpc) is 3.55. The minimum Gasteiger partial charge on any atom is -0.870 e. The van der Waals surface area contributed by atoms with Crippen LogP contribution in [-0.2, 0) is 39.2 Å². The number of fused-ring (bicyclic) bond motifs is 4. The molecule has 1 aromatic heterocycles. The average molecular weight is 749 g/mol. The van der Waals surface area contributed by atoms with E-state index in [-0.39, 0.29) is 24.0 Å². The molecule has 8 rings (SSSR count). The lowest BCUT2D eigenvalue weighted by molar-refractivity contribution is -0.377. The SMILES string of the molecule is COc1ccc([C@H](Cc2c(Cl)c[nH+]cc2Cl)OC(=O)c2ccc(CNC3(C(=O)O[C@H]4CN5CCC4CC5)CCc4ccccc43)cc2)cc1OC.[OH-]. The van der Waals surface area contributed by atoms with E-state index in [0.29, 0.717) is 57.1 Å². The third kappa shape index (κ3) is 7.63. The molecule has 10 nitrogen and oxygen atoms in total. The molecule has 3 aromatic carbocycles. The van der Waals surface area contributed by atoms with Gasteiger partial charge in [0.25, 0.3) is 0 Å². The number of hydrogen-bond donors (Lipinski definition) is 1. The van der Waals surface area contributed by atoms with E-state index in [1.165, 1.54) is 0 Å². The Morgan fingerprint density at radius 2 is 1.67 bits per heavy atom. The maximum absolute atomic E-state index is 14.1. The van der Waals surface area contributed by atoms with Crippen molar-refractivity contribution >= 4 is 35.1 Å². The van der Waals surface area contributed by atoms with Crippen molar-refractivity contribution in [2.45, 2.75) is 56.4 Å². The Morgan fingerprint density at radius 1 is 0.962 bits per heavy atom. The number of nitrogens with one attached hydrogen (secondary N) is 2. The molecule has 4 heterocycles. The van der Waals surface area contributed by atoms with Gasteiger partial charge >= 0.3 is 11.9 Å². The van der Waals surface area contributed by atoms with E-state index in [4.69, 9.17) is 42.1 Å². The van der Waals surface area contributed by atoms with Crippen LogP contribution >= 0.6 is 23.2 Å². The second-order valence-electron chi connectivity index (χ2n) is 13.5. The molecule has 52 heavy (non-hydrogen) atoms. The van der Waals surface area contributed by atoms with E-state index in [1.54, 1.807) is 50.9 Å². The van der Waals surface area contributed by atoms with Crippen LogP contribution in [0.1, 0.15) is 63.5 Å². The topological polar surface area (TPSA) is 130 Å². The molecule has 12 heteroatoms. The summed E-state index contributed by atoms with van der Waals surface area (Å²) in [5, 5.41) is 4.46. The first-order chi connectivity index (χ1) is 24.8. The number of piperidine rings is 3. The van der Waals surface area contributed by atoms with Gasteiger partial charge in [-0.3, -0.25) is 10.2 Å². The number of halogens is 2. The summed E-state index contributed by atoms with van der Waals surface area (Å²) in [5.41, 5.74) is 3.83. The van der Waals surface area contributed by atoms with Crippen LogP contribution < -0.4 is 19.8 Å². The lowest BCUT2D eigenvalue weighted by Gasteiger charge is -2.45. The number of methoxy groups -OCH3 is 2. The molecule has 274 valence electrons. The molecular formula is C40H43Cl2N3O7. The predicted molar refractivity (Wildman–Crippen MR) is 195 cm³/mol. The summed E-state index contributed by atoms with van der Waals surface area (Å²) in [6, 6.07) is 20.7. The number of rotatable bonds is 12. The molecule has 3 fully saturated rings. The summed E-state index contributed by atoms with van der Waals surface area (Å²) in [4.78, 5) is 33.1. The zero-order valence-electron chi connectivity index (χ0n) is 29.2. The van der Waals surface area contributed by atoms with Gasteiger partial charge in [0.2, 0.25) is 0 Å². The van der Waals surface area contributed by atoms with Crippen LogP contribution in [0.2, 0.25) is 10.0 Å². The highest BCUT2D eigenvalue weighted by atomic mass is 35.5. The van der Waals surface area contributed by atoms with Crippen LogP contribution in [0, 0.1) is 5.92 Å². The second kappa shape index (κ2) is 16.2. The number of carbonyl (C=O) groups excluding carboxylic acids is 2. The third-order valence-corrected chi connectivity index (χ3v) is 11.3. The Labute approximate surface area is 313 Å². The molecule has 2 bridgehead atoms. The molecule has 3 aliphatic heterocycles. The second-order valence-corrected chi connectivity index (χ2v) is 14.4. The molecule has 4 aliphatic rings. The highest BCUT2D eigenvalue weighted by Gasteiger charge is 2.48. The van der Waals surface area contributed by atoms with Gasteiger partial charge in [0.1, 0.15) is 27.8 Å². The largest absolute Gasteiger partial charge is 0.870 e. The number of pyridine rings is 1. The van der Waals surface area contributed by atoms with E-state index in [2.05, 4.69) is 21.3 Å². The number of aromatic nitrogens is 1. The Balaban J connectivity index is 0.00000464. The number of carbonyl (C=O) groups is 2. The van der Waals surface area contributed by atoms with Crippen molar-refractivity contribution in [1.29, 1.82) is 0 Å². The molecule has 3 saturated heterocycles. The Morgan fingerprint density at radius 3 is 2.35 bits per heavy atom. The monoisotopic (exact) mass is 747 g/mol. The van der Waals surface area contributed by atoms with Crippen molar-refractivity contribution in [3.8, 4) is 11.5 Å². The Bertz CT molecular complexity index is 1880. The van der Waals surface area contributed by atoms with Crippen molar-refractivity contribution in [1.82, 2.24) is 10.2 Å². The highest BCUT2D eigenvalue weighted by Crippen LogP contribution is 2.40. The molecule has 0 spiro atoms. The minimum absolute atomic E-state index is 0. The van der Waals surface area contributed by atoms with Crippen molar-refractivity contribution in [2.75, 3.05) is 33.9 Å². The van der Waals surface area contributed by atoms with Gasteiger partial charge in [0, 0.05) is 25.1 Å². The molecule has 4 aromatic rings. The number of H-pyrrole nitrogens is 1. The van der Waals surface area contributed by atoms with Crippen LogP contribution in [-0.4, -0.2) is 62.3 Å². The number of nitrogens with zero attached hydrogens (tertiary/aromatic N) is 1. The number of ether oxygens (including phenoxy) is 4. The molecule has 3 atom stereocenters. The van der Waals surface area contributed by atoms with Crippen molar-refractivity contribution in [3.05, 3.63) is 123 Å². The van der Waals surface area contributed by atoms with Crippen LogP contribution in [0.15, 0.2) is 79.1 Å². The third-order valence-electron chi connectivity index (χ3n) is 10.6. The predicted octanol–water partition coefficient (Wildman–Crippen LogP) is 6.36. The molecule has 0 amide bonds. The highest BCUT2D eigenvalue weighted by molar-refractivity contribution is 6.35. The zero-order valence-corrected chi connectivity index (χ0v) is 30.7. The lowest BCUT2D eigenvalue weighted by atomic mass is 9.85. The van der Waals surface area contributed by atoms with Crippen LogP contribution in [0.3, 0.4) is 0 Å². The number of benzene rings is 3. The van der Waals surface area contributed by atoms with Crippen molar-refractivity contribution in [2.24, 2.45) is 5.92 Å². The smallest absolute Gasteiger partial charge is 0.338 e. The molecule has 1 unspecified atom stereocenters. The molecule has 1 aliphatic carbocycles. The summed E-state index contributed by atoms with van der Waals surface area (Å²) in [6.07, 6.45) is 6.26. The van der Waals surface area contributed by atoms with E-state index in [0.717, 1.165) is 55.6 Å². The number of aromatic amines is 1. The molecule has 0 saturated carbocycles. The summed E-state index contributed by atoms with van der Waals surface area (Å²) < 4.78 is 23.4. The minimum atomic E-state index is -0.940. The fourth-order valence-electron chi connectivity index (χ4n) is 7.71. The Kier molecular flexibility index (Phi) is 11.7. The quantitative estimate of drug-likeness (QED) is 0.165. The first-order valence-electron chi connectivity index (χ1n) is 17.4. The number of hydrogen-bond acceptors (Lipinski definition) is 9. The molecular weight excluding hydrogens is 705 g/mol. The van der Waals surface area contributed by atoms with Crippen LogP contribution in [0.4, 0.5) is 0 Å². The van der Waals surface area contributed by atoms with Crippen molar-refractivity contribution < 1.29 is 39.0 Å². The number of esters is 2. The van der Waals surface area contributed by atoms with Gasteiger partial charge in [-0.05, 0) is 91.2 Å². The van der Waals surface area contributed by atoms with E-state index in [9.17, 15) is 9.59 Å². The first-order valence-corrected chi connectivity index (χ1v) is 18.2. The van der Waals surface area contributed by atoms with E-state index >= 15 is 0 Å². The summed E-state index contributed by atoms with van der Waals surface area (Å²) in [6.45, 7) is 3.39. The van der Waals surface area contributed by atoms with Gasteiger partial charge < -0.3 is 24.4 Å². The number of aryl methyl sites for hydroxylation is 1. The van der Waals surface area contributed by atoms with Gasteiger partial charge in [0.15, 0.2) is 23.9 Å². The summed E-state index contributed by atoms with van der Waals surface area (Å²) in [7, 11) is 3.11. The van der Waals surface area contributed by atoms with Crippen LogP contribution in [0.5, 0.6) is 11.5 Å². The molecule has 3 N–H and O–H groups in total. The van der Waals surface area contributed by atoms with E-state index < -0.39 is 17.6 Å². The fraction of sp³-hybridized carbons (Fsp3) is 0.375. The lowest BCUT2D eigenvalue weighted by Crippen LogP contribution is -2.55. The summed E-state index contributed by atoms with van der Waals surface area (Å²) in [5.74, 6) is 0.764. The van der Waals surface area contributed by atoms with Crippen LogP contribution in [0.25, 0.3) is 0 Å². The normalized spacial score (nSPS) is 22.1. The van der Waals surface area contributed by atoms with Gasteiger partial charge in [-0.1, -0.05) is 65.7 Å². The van der Waals surface area contributed by atoms with Crippen molar-refractivity contribution in [3.63, 3.8) is 0 Å². The maximum atomic E-state index is 14.1. The Hall–Kier alpha value is -4.19. The van der Waals surface area contributed by atoms with Gasteiger partial charge in [-0.25, -0.2) is 14.6 Å². The van der Waals surface area contributed by atoms with E-state index in [1.807, 2.05) is 36.4 Å². The van der Waals surface area contributed by atoms with Gasteiger partial charge in [-0.15, -0.1) is 0 Å². The van der Waals surface area contributed by atoms with Gasteiger partial charge in [0.05, 0.1) is 19.8 Å². The van der Waals surface area contributed by atoms with Gasteiger partial charge in [-0.2, -0.15) is 0 Å². The summed E-state index contributed by atoms with van der Waals surface area (Å²) >= 11 is 13.0. The molecule has 0 radical (unpaired) electrons. The fourth-order valence-corrected chi connectivity index (χ4v) is 8.24.